The van der Waals surface area contributed by atoms with Crippen molar-refractivity contribution in [2.75, 3.05) is 0 Å². The summed E-state index contributed by atoms with van der Waals surface area (Å²) in [5.41, 5.74) is 0.638. The number of aliphatic hydroxyl groups excluding tert-OH is 1. The minimum Gasteiger partial charge on any atom is -0.392 e. The molecule has 0 aromatic heterocycles. The van der Waals surface area contributed by atoms with Crippen molar-refractivity contribution in [3.8, 4) is 0 Å². The number of rotatable bonds is 0. The first kappa shape index (κ1) is 15.2. The number of aliphatic hydroxyl groups is 1. The predicted octanol–water partition coefficient (Wildman–Crippen LogP) is 4.21. The number of carbonyl (C=O) groups is 1. The van der Waals surface area contributed by atoms with Gasteiger partial charge in [0.15, 0.2) is 0 Å². The van der Waals surface area contributed by atoms with Crippen LogP contribution in [0.2, 0.25) is 0 Å². The third kappa shape index (κ3) is 1.41. The van der Waals surface area contributed by atoms with Crippen LogP contribution >= 0.6 is 0 Å². The summed E-state index contributed by atoms with van der Waals surface area (Å²) >= 11 is 0. The van der Waals surface area contributed by atoms with E-state index in [1.54, 1.807) is 0 Å². The molecule has 4 saturated carbocycles. The number of hydrogen-bond acceptors (Lipinski definition) is 2. The van der Waals surface area contributed by atoms with Crippen molar-refractivity contribution >= 4 is 5.78 Å². The minimum absolute atomic E-state index is 0.0544. The molecule has 0 amide bonds. The van der Waals surface area contributed by atoms with Crippen LogP contribution in [0.5, 0.6) is 0 Å². The van der Waals surface area contributed by atoms with Crippen LogP contribution in [-0.2, 0) is 4.79 Å². The van der Waals surface area contributed by atoms with Gasteiger partial charge in [0.2, 0.25) is 0 Å². The summed E-state index contributed by atoms with van der Waals surface area (Å²) in [4.78, 5) is 12.9. The Kier molecular flexibility index (Phi) is 2.75. The van der Waals surface area contributed by atoms with Crippen molar-refractivity contribution in [2.24, 2.45) is 39.4 Å². The van der Waals surface area contributed by atoms with E-state index in [4.69, 9.17) is 0 Å². The van der Waals surface area contributed by atoms with Gasteiger partial charge in [0, 0.05) is 11.8 Å². The van der Waals surface area contributed by atoms with E-state index in [2.05, 4.69) is 34.6 Å². The SMILES string of the molecule is CC1C(O)CC(=O)C2(C)CCC3C4C(C)(C)CCC4(C)CC132. The van der Waals surface area contributed by atoms with Crippen LogP contribution in [0.25, 0.3) is 0 Å². The van der Waals surface area contributed by atoms with Crippen molar-refractivity contribution in [3.05, 3.63) is 0 Å². The molecule has 0 saturated heterocycles. The Morgan fingerprint density at radius 2 is 1.77 bits per heavy atom. The highest BCUT2D eigenvalue weighted by Crippen LogP contribution is 2.80. The van der Waals surface area contributed by atoms with Gasteiger partial charge in [0.05, 0.1) is 6.10 Å². The molecule has 1 N–H and O–H groups in total. The number of hydrogen-bond donors (Lipinski definition) is 1. The molecule has 124 valence electrons. The first-order valence-electron chi connectivity index (χ1n) is 9.30. The van der Waals surface area contributed by atoms with Gasteiger partial charge in [-0.1, -0.05) is 34.6 Å². The third-order valence-corrected chi connectivity index (χ3v) is 9.08. The number of fused-ring (bicyclic) bond motifs is 2. The summed E-state index contributed by atoms with van der Waals surface area (Å²) in [6, 6.07) is 0. The fourth-order valence-corrected chi connectivity index (χ4v) is 8.23. The molecule has 4 aliphatic rings. The highest BCUT2D eigenvalue weighted by molar-refractivity contribution is 5.87. The molecule has 7 unspecified atom stereocenters. The van der Waals surface area contributed by atoms with Gasteiger partial charge in [0.25, 0.3) is 0 Å². The van der Waals surface area contributed by atoms with Gasteiger partial charge in [-0.05, 0) is 66.1 Å². The topological polar surface area (TPSA) is 37.3 Å². The van der Waals surface area contributed by atoms with Gasteiger partial charge in [0.1, 0.15) is 5.78 Å². The number of ketones is 1. The zero-order valence-corrected chi connectivity index (χ0v) is 14.9. The van der Waals surface area contributed by atoms with E-state index in [0.29, 0.717) is 29.0 Å². The second kappa shape index (κ2) is 3.99. The molecule has 4 fully saturated rings. The Bertz CT molecular complexity index is 538. The summed E-state index contributed by atoms with van der Waals surface area (Å²) in [6.07, 6.45) is 6.00. The Balaban J connectivity index is 1.89. The maximum Gasteiger partial charge on any atom is 0.141 e. The maximum absolute atomic E-state index is 12.9. The lowest BCUT2D eigenvalue weighted by atomic mass is 9.49. The van der Waals surface area contributed by atoms with Crippen molar-refractivity contribution in [1.82, 2.24) is 0 Å². The van der Waals surface area contributed by atoms with Crippen LogP contribution in [0, 0.1) is 39.4 Å². The largest absolute Gasteiger partial charge is 0.392 e. The second-order valence-electron chi connectivity index (χ2n) is 10.3. The van der Waals surface area contributed by atoms with Crippen LogP contribution in [0.3, 0.4) is 0 Å². The lowest BCUT2D eigenvalue weighted by Crippen LogP contribution is -2.56. The Labute approximate surface area is 135 Å². The molecule has 0 heterocycles. The summed E-state index contributed by atoms with van der Waals surface area (Å²) < 4.78 is 0. The predicted molar refractivity (Wildman–Crippen MR) is 87.3 cm³/mol. The van der Waals surface area contributed by atoms with E-state index in [1.165, 1.54) is 25.7 Å². The second-order valence-corrected chi connectivity index (χ2v) is 10.3. The zero-order valence-electron chi connectivity index (χ0n) is 14.9. The van der Waals surface area contributed by atoms with Gasteiger partial charge in [-0.15, -0.1) is 0 Å². The van der Waals surface area contributed by atoms with Gasteiger partial charge in [-0.2, -0.15) is 0 Å². The average Bonchev–Trinajstić information content (AvgIpc) is 2.94. The fraction of sp³-hybridized carbons (Fsp3) is 0.950. The monoisotopic (exact) mass is 304 g/mol. The Morgan fingerprint density at radius 1 is 1.09 bits per heavy atom. The van der Waals surface area contributed by atoms with Crippen LogP contribution < -0.4 is 0 Å². The summed E-state index contributed by atoms with van der Waals surface area (Å²) in [7, 11) is 0. The smallest absolute Gasteiger partial charge is 0.141 e. The van der Waals surface area contributed by atoms with E-state index in [0.717, 1.165) is 12.3 Å². The van der Waals surface area contributed by atoms with E-state index in [9.17, 15) is 9.90 Å². The minimum atomic E-state index is -0.424. The van der Waals surface area contributed by atoms with Gasteiger partial charge >= 0.3 is 0 Å². The Hall–Kier alpha value is -0.370. The highest BCUT2D eigenvalue weighted by Gasteiger charge is 2.76. The fourth-order valence-electron chi connectivity index (χ4n) is 8.23. The quantitative estimate of drug-likeness (QED) is 0.728. The van der Waals surface area contributed by atoms with Crippen LogP contribution in [-0.4, -0.2) is 17.0 Å². The van der Waals surface area contributed by atoms with Crippen molar-refractivity contribution in [3.63, 3.8) is 0 Å². The number of carbonyl (C=O) groups excluding carboxylic acids is 1. The third-order valence-electron chi connectivity index (χ3n) is 9.08. The summed E-state index contributed by atoms with van der Waals surface area (Å²) in [5.74, 6) is 1.97. The van der Waals surface area contributed by atoms with E-state index >= 15 is 0 Å². The molecule has 0 bridgehead atoms. The highest BCUT2D eigenvalue weighted by atomic mass is 16.3. The maximum atomic E-state index is 12.9. The first-order valence-corrected chi connectivity index (χ1v) is 9.30. The van der Waals surface area contributed by atoms with Crippen molar-refractivity contribution < 1.29 is 9.90 Å². The van der Waals surface area contributed by atoms with Crippen LogP contribution in [0.4, 0.5) is 0 Å². The van der Waals surface area contributed by atoms with E-state index in [-0.39, 0.29) is 16.7 Å². The molecule has 0 aromatic rings. The van der Waals surface area contributed by atoms with Gasteiger partial charge < -0.3 is 5.11 Å². The molecule has 1 spiro atoms. The van der Waals surface area contributed by atoms with E-state index < -0.39 is 6.10 Å². The summed E-state index contributed by atoms with van der Waals surface area (Å²) in [5, 5.41) is 10.6. The molecule has 4 aliphatic carbocycles. The van der Waals surface area contributed by atoms with Crippen LogP contribution in [0.15, 0.2) is 0 Å². The zero-order chi connectivity index (χ0) is 16.1. The lowest BCUT2D eigenvalue weighted by Gasteiger charge is -2.54. The molecular weight excluding hydrogens is 272 g/mol. The van der Waals surface area contributed by atoms with Crippen LogP contribution in [0.1, 0.15) is 73.1 Å². The molecule has 2 heteroatoms. The Morgan fingerprint density at radius 3 is 2.45 bits per heavy atom. The van der Waals surface area contributed by atoms with Crippen molar-refractivity contribution in [2.45, 2.75) is 79.2 Å². The molecule has 0 aliphatic heterocycles. The lowest BCUT2D eigenvalue weighted by molar-refractivity contribution is -0.158. The molecule has 4 rings (SSSR count). The van der Waals surface area contributed by atoms with Crippen molar-refractivity contribution in [1.29, 1.82) is 0 Å². The molecule has 0 radical (unpaired) electrons. The first-order chi connectivity index (χ1) is 10.1. The molecule has 2 nitrogen and oxygen atoms in total. The summed E-state index contributed by atoms with van der Waals surface area (Å²) in [6.45, 7) is 11.9. The molecule has 0 aromatic carbocycles. The molecular formula is C20H32O2. The van der Waals surface area contributed by atoms with E-state index in [1.807, 2.05) is 0 Å². The molecule has 7 atom stereocenters. The van der Waals surface area contributed by atoms with Gasteiger partial charge in [-0.3, -0.25) is 4.79 Å². The molecule has 22 heavy (non-hydrogen) atoms. The standard InChI is InChI=1S/C20H32O2/c1-12-14(21)10-15(22)19(5)7-6-13-16-17(2,3)8-9-18(16,4)11-20(12,13)19/h12-14,16,21H,6-11H2,1-5H3. The number of Topliss-reactive ketones (excluding diaryl/α,β-unsaturated/α-hetero) is 1. The van der Waals surface area contributed by atoms with Gasteiger partial charge in [-0.25, -0.2) is 0 Å². The average molecular weight is 304 g/mol. The normalized spacial score (nSPS) is 59.3.